The second-order valence-electron chi connectivity index (χ2n) is 8.14. The Bertz CT molecular complexity index is 1230. The molecule has 0 aliphatic heterocycles. The van der Waals surface area contributed by atoms with E-state index in [1.165, 1.54) is 6.07 Å². The molecular formula is C26H23BrN2O6. The molecule has 0 fully saturated rings. The number of rotatable bonds is 8. The van der Waals surface area contributed by atoms with Crippen LogP contribution in [0.25, 0.3) is 11.1 Å². The molecule has 3 aromatic rings. The molecule has 0 saturated heterocycles. The Balaban J connectivity index is 1.39. The van der Waals surface area contributed by atoms with Crippen molar-refractivity contribution >= 4 is 39.6 Å². The Morgan fingerprint density at radius 1 is 0.971 bits per heavy atom. The molecule has 8 nitrogen and oxygen atoms in total. The van der Waals surface area contributed by atoms with Crippen LogP contribution in [-0.4, -0.2) is 47.4 Å². The van der Waals surface area contributed by atoms with Crippen LogP contribution in [0.3, 0.4) is 0 Å². The zero-order chi connectivity index (χ0) is 24.9. The molecule has 35 heavy (non-hydrogen) atoms. The highest BCUT2D eigenvalue weighted by Gasteiger charge is 2.29. The summed E-state index contributed by atoms with van der Waals surface area (Å²) < 4.78 is 6.09. The lowest BCUT2D eigenvalue weighted by molar-refractivity contribution is -0.139. The average Bonchev–Trinajstić information content (AvgIpc) is 3.14. The van der Waals surface area contributed by atoms with Crippen molar-refractivity contribution in [3.63, 3.8) is 0 Å². The van der Waals surface area contributed by atoms with Gasteiger partial charge in [0.1, 0.15) is 6.61 Å². The minimum absolute atomic E-state index is 0.0748. The van der Waals surface area contributed by atoms with Crippen molar-refractivity contribution in [3.05, 3.63) is 87.9 Å². The number of halogens is 1. The molecule has 4 rings (SSSR count). The summed E-state index contributed by atoms with van der Waals surface area (Å²) in [6.45, 7) is -0.0601. The van der Waals surface area contributed by atoms with Gasteiger partial charge in [0.25, 0.3) is 5.91 Å². The molecule has 1 aliphatic carbocycles. The van der Waals surface area contributed by atoms with Crippen LogP contribution in [0.2, 0.25) is 0 Å². The van der Waals surface area contributed by atoms with Gasteiger partial charge >= 0.3 is 12.1 Å². The molecule has 1 aliphatic rings. The zero-order valence-corrected chi connectivity index (χ0v) is 20.1. The highest BCUT2D eigenvalue weighted by atomic mass is 79.9. The van der Waals surface area contributed by atoms with Gasteiger partial charge in [0.2, 0.25) is 0 Å². The lowest BCUT2D eigenvalue weighted by Gasteiger charge is -2.15. The number of ether oxygens (including phenoxy) is 1. The van der Waals surface area contributed by atoms with Crippen molar-refractivity contribution in [2.45, 2.75) is 18.4 Å². The van der Waals surface area contributed by atoms with Crippen LogP contribution in [0.15, 0.2) is 71.2 Å². The van der Waals surface area contributed by atoms with E-state index >= 15 is 0 Å². The summed E-state index contributed by atoms with van der Waals surface area (Å²) in [7, 11) is 0. The molecule has 0 heterocycles. The maximum Gasteiger partial charge on any atom is 0.411 e. The smallest absolute Gasteiger partial charge is 0.411 e. The van der Waals surface area contributed by atoms with Gasteiger partial charge in [-0.3, -0.25) is 14.9 Å². The number of fused-ring (bicyclic) bond motifs is 3. The van der Waals surface area contributed by atoms with Gasteiger partial charge in [-0.15, -0.1) is 0 Å². The Morgan fingerprint density at radius 3 is 2.23 bits per heavy atom. The summed E-state index contributed by atoms with van der Waals surface area (Å²) in [6, 6.07) is 20.7. The summed E-state index contributed by atoms with van der Waals surface area (Å²) in [5, 5.41) is 23.5. The molecule has 0 spiro atoms. The largest absolute Gasteiger partial charge is 0.481 e. The fourth-order valence-corrected chi connectivity index (χ4v) is 4.62. The van der Waals surface area contributed by atoms with Crippen LogP contribution in [0.1, 0.15) is 33.8 Å². The second-order valence-corrected chi connectivity index (χ2v) is 9.06. The highest BCUT2D eigenvalue weighted by Crippen LogP contribution is 2.44. The molecule has 1 atom stereocenters. The van der Waals surface area contributed by atoms with E-state index in [9.17, 15) is 19.5 Å². The number of hydrogen-bond acceptors (Lipinski definition) is 5. The summed E-state index contributed by atoms with van der Waals surface area (Å²) in [4.78, 5) is 35.6. The number of nitrogens with one attached hydrogen (secondary N) is 2. The van der Waals surface area contributed by atoms with Crippen LogP contribution >= 0.6 is 15.9 Å². The predicted octanol–water partition coefficient (Wildman–Crippen LogP) is 4.38. The van der Waals surface area contributed by atoms with Crippen molar-refractivity contribution < 1.29 is 29.3 Å². The summed E-state index contributed by atoms with van der Waals surface area (Å²) in [5.74, 6) is -1.76. The quantitative estimate of drug-likeness (QED) is 0.337. The monoisotopic (exact) mass is 538 g/mol. The van der Waals surface area contributed by atoms with Crippen LogP contribution in [-0.2, 0) is 9.53 Å². The van der Waals surface area contributed by atoms with Gasteiger partial charge in [-0.25, -0.2) is 4.79 Å². The van der Waals surface area contributed by atoms with Gasteiger partial charge in [-0.1, -0.05) is 64.5 Å². The molecule has 0 radical (unpaired) electrons. The fraction of sp³-hybridized carbons (Fsp3) is 0.192. The molecule has 0 aromatic heterocycles. The fourth-order valence-electron chi connectivity index (χ4n) is 4.13. The summed E-state index contributed by atoms with van der Waals surface area (Å²) in [6.07, 6.45) is -2.34. The SMILES string of the molecule is O=C(O)CC(O)CNC(=O)c1cc(Br)cc(NC(=O)OCC2c3ccccc3-c3ccccc32)c1. The van der Waals surface area contributed by atoms with E-state index in [1.54, 1.807) is 12.1 Å². The van der Waals surface area contributed by atoms with E-state index in [4.69, 9.17) is 9.84 Å². The first kappa shape index (κ1) is 24.4. The minimum atomic E-state index is -1.21. The minimum Gasteiger partial charge on any atom is -0.481 e. The Morgan fingerprint density at radius 2 is 1.60 bits per heavy atom. The number of aliphatic hydroxyl groups excluding tert-OH is 1. The molecule has 1 unspecified atom stereocenters. The number of carboxylic acids is 1. The number of carboxylic acid groups (broad SMARTS) is 1. The van der Waals surface area contributed by atoms with Crippen molar-refractivity contribution in [2.24, 2.45) is 0 Å². The second kappa shape index (κ2) is 10.7. The van der Waals surface area contributed by atoms with E-state index in [1.807, 2.05) is 36.4 Å². The number of carbonyl (C=O) groups is 3. The van der Waals surface area contributed by atoms with Gasteiger partial charge < -0.3 is 20.3 Å². The molecule has 4 N–H and O–H groups in total. The maximum absolute atomic E-state index is 12.6. The lowest BCUT2D eigenvalue weighted by atomic mass is 9.98. The third-order valence-electron chi connectivity index (χ3n) is 5.66. The number of anilines is 1. The number of benzene rings is 3. The predicted molar refractivity (Wildman–Crippen MR) is 133 cm³/mol. The van der Waals surface area contributed by atoms with Crippen molar-refractivity contribution in [2.75, 3.05) is 18.5 Å². The highest BCUT2D eigenvalue weighted by molar-refractivity contribution is 9.10. The number of aliphatic hydroxyl groups is 1. The molecular weight excluding hydrogens is 516 g/mol. The Labute approximate surface area is 210 Å². The first-order valence-corrected chi connectivity index (χ1v) is 11.7. The first-order chi connectivity index (χ1) is 16.8. The van der Waals surface area contributed by atoms with E-state index in [0.717, 1.165) is 22.3 Å². The number of carbonyl (C=O) groups excluding carboxylic acids is 2. The standard InChI is InChI=1S/C26H23BrN2O6/c27-16-9-15(25(33)28-13-18(30)12-24(31)32)10-17(11-16)29-26(34)35-14-23-21-7-3-1-5-19(21)20-6-2-4-8-22(20)23/h1-11,18,23,30H,12-14H2,(H,28,33)(H,29,34)(H,31,32). The number of amides is 2. The van der Waals surface area contributed by atoms with Crippen LogP contribution in [0.4, 0.5) is 10.5 Å². The molecule has 2 amide bonds. The third-order valence-corrected chi connectivity index (χ3v) is 6.12. The van der Waals surface area contributed by atoms with Crippen molar-refractivity contribution in [3.8, 4) is 11.1 Å². The van der Waals surface area contributed by atoms with Gasteiger partial charge in [0.05, 0.1) is 12.5 Å². The molecule has 9 heteroatoms. The molecule has 0 saturated carbocycles. The van der Waals surface area contributed by atoms with Gasteiger partial charge in [0, 0.05) is 28.2 Å². The number of aliphatic carboxylic acids is 1. The van der Waals surface area contributed by atoms with Gasteiger partial charge in [-0.05, 0) is 40.5 Å². The van der Waals surface area contributed by atoms with E-state index in [2.05, 4.69) is 38.7 Å². The van der Waals surface area contributed by atoms with E-state index in [0.29, 0.717) is 10.2 Å². The normalized spacial score (nSPS) is 12.9. The third kappa shape index (κ3) is 5.87. The van der Waals surface area contributed by atoms with Gasteiger partial charge in [-0.2, -0.15) is 0 Å². The topological polar surface area (TPSA) is 125 Å². The van der Waals surface area contributed by atoms with Crippen molar-refractivity contribution in [1.82, 2.24) is 5.32 Å². The first-order valence-electron chi connectivity index (χ1n) is 10.9. The van der Waals surface area contributed by atoms with Gasteiger partial charge in [0.15, 0.2) is 0 Å². The number of hydrogen-bond donors (Lipinski definition) is 4. The lowest BCUT2D eigenvalue weighted by Crippen LogP contribution is -2.33. The van der Waals surface area contributed by atoms with E-state index in [-0.39, 0.29) is 24.6 Å². The Hall–Kier alpha value is -3.69. The molecule has 180 valence electrons. The maximum atomic E-state index is 12.6. The van der Waals surface area contributed by atoms with Crippen LogP contribution < -0.4 is 10.6 Å². The molecule has 0 bridgehead atoms. The van der Waals surface area contributed by atoms with Crippen molar-refractivity contribution in [1.29, 1.82) is 0 Å². The zero-order valence-electron chi connectivity index (χ0n) is 18.5. The molecule has 3 aromatic carbocycles. The van der Waals surface area contributed by atoms with Crippen LogP contribution in [0.5, 0.6) is 0 Å². The average molecular weight is 539 g/mol. The van der Waals surface area contributed by atoms with E-state index < -0.39 is 30.5 Å². The summed E-state index contributed by atoms with van der Waals surface area (Å²) in [5.41, 5.74) is 5.03. The summed E-state index contributed by atoms with van der Waals surface area (Å²) >= 11 is 3.31. The Kier molecular flexibility index (Phi) is 7.48. The van der Waals surface area contributed by atoms with Crippen LogP contribution in [0, 0.1) is 0 Å².